The third kappa shape index (κ3) is 12.6. The maximum Gasteiger partial charge on any atom is 0.389 e. The molecule has 7 nitrogen and oxygen atoms in total. The van der Waals surface area contributed by atoms with Gasteiger partial charge in [0.1, 0.15) is 0 Å². The van der Waals surface area contributed by atoms with Gasteiger partial charge in [-0.3, -0.25) is 14.7 Å². The van der Waals surface area contributed by atoms with Crippen LogP contribution in [0.3, 0.4) is 0 Å². The van der Waals surface area contributed by atoms with Crippen molar-refractivity contribution in [2.24, 2.45) is 4.99 Å². The third-order valence-corrected chi connectivity index (χ3v) is 4.13. The molecule has 28 heavy (non-hydrogen) atoms. The summed E-state index contributed by atoms with van der Waals surface area (Å²) in [4.78, 5) is 20.4. The molecule has 0 bridgehead atoms. The first kappa shape index (κ1) is 27.2. The smallest absolute Gasteiger partial charge is 0.383 e. The van der Waals surface area contributed by atoms with Gasteiger partial charge in [0.25, 0.3) is 0 Å². The molecule has 0 radical (unpaired) electrons. The van der Waals surface area contributed by atoms with Gasteiger partial charge in [-0.2, -0.15) is 13.2 Å². The molecular weight excluding hydrogens is 490 g/mol. The van der Waals surface area contributed by atoms with Crippen LogP contribution in [0.25, 0.3) is 0 Å². The summed E-state index contributed by atoms with van der Waals surface area (Å²) < 4.78 is 41.4. The molecule has 0 unspecified atom stereocenters. The van der Waals surface area contributed by atoms with Crippen molar-refractivity contribution < 1.29 is 22.7 Å². The van der Waals surface area contributed by atoms with Crippen molar-refractivity contribution in [3.63, 3.8) is 0 Å². The summed E-state index contributed by atoms with van der Waals surface area (Å²) in [5, 5.41) is 5.99. The Morgan fingerprint density at radius 1 is 1.14 bits per heavy atom. The molecule has 1 aliphatic rings. The van der Waals surface area contributed by atoms with E-state index < -0.39 is 12.6 Å². The van der Waals surface area contributed by atoms with E-state index in [2.05, 4.69) is 25.4 Å². The molecule has 1 heterocycles. The average Bonchev–Trinajstić information content (AvgIpc) is 2.60. The van der Waals surface area contributed by atoms with Crippen molar-refractivity contribution in [2.45, 2.75) is 32.4 Å². The predicted octanol–water partition coefficient (Wildman–Crippen LogP) is 1.68. The summed E-state index contributed by atoms with van der Waals surface area (Å²) in [6.45, 7) is 7.28. The Labute approximate surface area is 182 Å². The molecule has 0 aliphatic carbocycles. The van der Waals surface area contributed by atoms with Crippen LogP contribution in [0.4, 0.5) is 13.2 Å². The summed E-state index contributed by atoms with van der Waals surface area (Å²) in [5.41, 5.74) is 0. The highest BCUT2D eigenvalue weighted by Gasteiger charge is 2.26. The first-order valence-electron chi connectivity index (χ1n) is 9.43. The van der Waals surface area contributed by atoms with Crippen LogP contribution < -0.4 is 10.6 Å². The number of alkyl halides is 3. The maximum absolute atomic E-state index is 12.2. The van der Waals surface area contributed by atoms with Crippen LogP contribution in [0.15, 0.2) is 4.99 Å². The molecule has 1 fully saturated rings. The van der Waals surface area contributed by atoms with Gasteiger partial charge in [0.05, 0.1) is 13.2 Å². The highest BCUT2D eigenvalue weighted by Crippen LogP contribution is 2.22. The van der Waals surface area contributed by atoms with Crippen molar-refractivity contribution in [1.82, 2.24) is 20.4 Å². The monoisotopic (exact) mass is 523 g/mol. The number of methoxy groups -OCH3 is 1. The minimum absolute atomic E-state index is 0. The number of amides is 1. The molecule has 0 aromatic carbocycles. The normalized spacial score (nSPS) is 15.9. The summed E-state index contributed by atoms with van der Waals surface area (Å²) in [6.07, 6.45) is -4.35. The summed E-state index contributed by atoms with van der Waals surface area (Å²) >= 11 is 0. The van der Waals surface area contributed by atoms with Crippen LogP contribution in [0.2, 0.25) is 0 Å². The summed E-state index contributed by atoms with van der Waals surface area (Å²) in [7, 11) is 1.59. The van der Waals surface area contributed by atoms with E-state index in [0.717, 1.165) is 32.1 Å². The van der Waals surface area contributed by atoms with E-state index in [1.807, 2.05) is 6.92 Å². The fourth-order valence-electron chi connectivity index (χ4n) is 2.72. The van der Waals surface area contributed by atoms with E-state index in [1.54, 1.807) is 7.11 Å². The topological polar surface area (TPSA) is 69.2 Å². The number of carbonyl (C=O) groups is 1. The molecule has 1 aliphatic heterocycles. The molecule has 0 aromatic heterocycles. The number of piperazine rings is 1. The van der Waals surface area contributed by atoms with Gasteiger partial charge >= 0.3 is 6.18 Å². The first-order valence-corrected chi connectivity index (χ1v) is 9.43. The van der Waals surface area contributed by atoms with Gasteiger partial charge in [0, 0.05) is 59.3 Å². The number of halogens is 4. The van der Waals surface area contributed by atoms with Crippen LogP contribution in [-0.4, -0.2) is 93.9 Å². The fraction of sp³-hybridized carbons (Fsp3) is 0.882. The second-order valence-corrected chi connectivity index (χ2v) is 6.41. The van der Waals surface area contributed by atoms with Crippen LogP contribution in [0.1, 0.15) is 26.2 Å². The minimum Gasteiger partial charge on any atom is -0.383 e. The van der Waals surface area contributed by atoms with E-state index >= 15 is 0 Å². The molecule has 0 atom stereocenters. The lowest BCUT2D eigenvalue weighted by atomic mass is 10.2. The van der Waals surface area contributed by atoms with E-state index in [4.69, 9.17) is 4.74 Å². The second kappa shape index (κ2) is 15.1. The van der Waals surface area contributed by atoms with Gasteiger partial charge in [-0.05, 0) is 19.8 Å². The van der Waals surface area contributed by atoms with Crippen LogP contribution in [0, 0.1) is 0 Å². The standard InChI is InChI=1S/C17H32F3N5O2.HI/c1-3-21-16(23-7-5-4-6-17(18,19)20)25-11-9-24(10-12-25)14-15(26)22-8-13-27-2;/h3-14H2,1-2H3,(H,21,23)(H,22,26);1H. The van der Waals surface area contributed by atoms with E-state index in [1.165, 1.54) is 0 Å². The number of rotatable bonds is 10. The van der Waals surface area contributed by atoms with Crippen molar-refractivity contribution in [3.8, 4) is 0 Å². The van der Waals surface area contributed by atoms with Gasteiger partial charge < -0.3 is 20.3 Å². The highest BCUT2D eigenvalue weighted by atomic mass is 127. The molecule has 2 N–H and O–H groups in total. The lowest BCUT2D eigenvalue weighted by Crippen LogP contribution is -2.54. The molecular formula is C17H33F3IN5O2. The Bertz CT molecular complexity index is 459. The lowest BCUT2D eigenvalue weighted by Gasteiger charge is -2.36. The van der Waals surface area contributed by atoms with Gasteiger partial charge in [-0.1, -0.05) is 0 Å². The van der Waals surface area contributed by atoms with Crippen molar-refractivity contribution in [1.29, 1.82) is 0 Å². The van der Waals surface area contributed by atoms with Crippen LogP contribution in [0.5, 0.6) is 0 Å². The largest absolute Gasteiger partial charge is 0.389 e. The van der Waals surface area contributed by atoms with E-state index in [0.29, 0.717) is 39.2 Å². The Balaban J connectivity index is 0.00000729. The number of nitrogens with zero attached hydrogens (tertiary/aromatic N) is 3. The zero-order valence-corrected chi connectivity index (χ0v) is 19.0. The predicted molar refractivity (Wildman–Crippen MR) is 114 cm³/mol. The molecule has 0 aromatic rings. The Morgan fingerprint density at radius 3 is 2.39 bits per heavy atom. The zero-order valence-electron chi connectivity index (χ0n) is 16.7. The van der Waals surface area contributed by atoms with E-state index in [9.17, 15) is 18.0 Å². The lowest BCUT2D eigenvalue weighted by molar-refractivity contribution is -0.135. The first-order chi connectivity index (χ1) is 12.9. The van der Waals surface area contributed by atoms with Gasteiger partial charge in [0.15, 0.2) is 5.96 Å². The van der Waals surface area contributed by atoms with Gasteiger partial charge in [-0.15, -0.1) is 24.0 Å². The number of hydrogen-bond donors (Lipinski definition) is 2. The second-order valence-electron chi connectivity index (χ2n) is 6.41. The van der Waals surface area contributed by atoms with Crippen LogP contribution in [-0.2, 0) is 9.53 Å². The fourth-order valence-corrected chi connectivity index (χ4v) is 2.72. The molecule has 1 rings (SSSR count). The number of carbonyl (C=O) groups excluding carboxylic acids is 1. The minimum atomic E-state index is -4.10. The average molecular weight is 523 g/mol. The molecule has 0 saturated carbocycles. The molecule has 1 saturated heterocycles. The summed E-state index contributed by atoms with van der Waals surface area (Å²) in [6, 6.07) is 0. The van der Waals surface area contributed by atoms with Crippen molar-refractivity contribution in [2.75, 3.05) is 66.1 Å². The van der Waals surface area contributed by atoms with Crippen molar-refractivity contribution >= 4 is 35.8 Å². The Kier molecular flexibility index (Phi) is 14.6. The number of hydrogen-bond acceptors (Lipinski definition) is 4. The molecule has 0 spiro atoms. The molecule has 11 heteroatoms. The SMILES string of the molecule is CCNC(=NCCCCC(F)(F)F)N1CCN(CC(=O)NCCOC)CC1.I. The number of guanidine groups is 1. The van der Waals surface area contributed by atoms with Crippen molar-refractivity contribution in [3.05, 3.63) is 0 Å². The molecule has 1 amide bonds. The zero-order chi connectivity index (χ0) is 20.1. The number of ether oxygens (including phenoxy) is 1. The molecule has 166 valence electrons. The quantitative estimate of drug-likeness (QED) is 0.198. The van der Waals surface area contributed by atoms with E-state index in [-0.39, 0.29) is 36.3 Å². The number of aliphatic imine (C=N–C) groups is 1. The Hall–Kier alpha value is -0.820. The third-order valence-electron chi connectivity index (χ3n) is 4.13. The number of nitrogens with one attached hydrogen (secondary N) is 2. The van der Waals surface area contributed by atoms with Crippen LogP contribution >= 0.6 is 24.0 Å². The summed E-state index contributed by atoms with van der Waals surface area (Å²) in [5.74, 6) is 0.708. The van der Waals surface area contributed by atoms with Gasteiger partial charge in [-0.25, -0.2) is 0 Å². The van der Waals surface area contributed by atoms with Gasteiger partial charge in [0.2, 0.25) is 5.91 Å². The Morgan fingerprint density at radius 2 is 1.82 bits per heavy atom. The highest BCUT2D eigenvalue weighted by molar-refractivity contribution is 14.0. The maximum atomic E-state index is 12.2. The number of unbranched alkanes of at least 4 members (excludes halogenated alkanes) is 1.